The molecular weight excluding hydrogens is 188 g/mol. The van der Waals surface area contributed by atoms with Crippen molar-refractivity contribution in [2.24, 2.45) is 0 Å². The lowest BCUT2D eigenvalue weighted by atomic mass is 10.5. The van der Waals surface area contributed by atoms with Crippen molar-refractivity contribution in [3.8, 4) is 0 Å². The van der Waals surface area contributed by atoms with Crippen LogP contribution in [0.3, 0.4) is 0 Å². The van der Waals surface area contributed by atoms with Gasteiger partial charge in [-0.15, -0.1) is 0 Å². The van der Waals surface area contributed by atoms with Crippen molar-refractivity contribution >= 4 is 37.4 Å². The largest absolute Gasteiger partial charge is 0.394 e. The van der Waals surface area contributed by atoms with Crippen molar-refractivity contribution in [2.45, 2.75) is 0 Å². The summed E-state index contributed by atoms with van der Waals surface area (Å²) < 4.78 is 2.64. The molecule has 0 atom stereocenters. The molecule has 0 radical (unpaired) electrons. The maximum absolute atomic E-state index is 10.7. The molecule has 0 aliphatic heterocycles. The zero-order chi connectivity index (χ0) is 8.85. The number of hydrogen-bond acceptors (Lipinski definition) is 5. The minimum atomic E-state index is -0.878. The highest BCUT2D eigenvalue weighted by Gasteiger charge is 2.17. The highest BCUT2D eigenvalue weighted by molar-refractivity contribution is 7.79. The third-order valence-corrected chi connectivity index (χ3v) is 1.43. The van der Waals surface area contributed by atoms with Gasteiger partial charge < -0.3 is 5.11 Å². The zero-order valence-corrected chi connectivity index (χ0v) is 7.31. The van der Waals surface area contributed by atoms with Crippen molar-refractivity contribution < 1.29 is 14.7 Å². The summed E-state index contributed by atoms with van der Waals surface area (Å²) in [6, 6.07) is 0. The number of aliphatic hydroxyl groups excluding tert-OH is 1. The maximum Gasteiger partial charge on any atom is 0.322 e. The Bertz CT molecular complexity index is 163. The van der Waals surface area contributed by atoms with Crippen LogP contribution in [0.1, 0.15) is 0 Å². The molecule has 5 nitrogen and oxygen atoms in total. The molecule has 7 heteroatoms. The van der Waals surface area contributed by atoms with E-state index in [2.05, 4.69) is 25.6 Å². The third-order valence-electron chi connectivity index (χ3n) is 0.842. The topological polar surface area (TPSA) is 69.6 Å². The quantitative estimate of drug-likeness (QED) is 0.325. The summed E-state index contributed by atoms with van der Waals surface area (Å²) >= 11 is 7.00. The van der Waals surface area contributed by atoms with E-state index in [9.17, 15) is 9.59 Å². The van der Waals surface area contributed by atoms with Gasteiger partial charge in [-0.25, -0.2) is 0 Å². The lowest BCUT2D eigenvalue weighted by Gasteiger charge is -2.11. The van der Waals surface area contributed by atoms with Crippen molar-refractivity contribution in [3.05, 3.63) is 0 Å². The molecule has 0 bridgehead atoms. The van der Waals surface area contributed by atoms with Gasteiger partial charge >= 0.3 is 11.8 Å². The summed E-state index contributed by atoms with van der Waals surface area (Å²) in [4.78, 5) is 21.3. The van der Waals surface area contributed by atoms with Crippen LogP contribution in [-0.4, -0.2) is 34.4 Å². The predicted molar refractivity (Wildman–Crippen MR) is 44.9 cm³/mol. The normalized spacial score (nSPS) is 9.00. The minimum Gasteiger partial charge on any atom is -0.394 e. The summed E-state index contributed by atoms with van der Waals surface area (Å²) in [5.41, 5.74) is 0. The van der Waals surface area contributed by atoms with Crippen LogP contribution in [0.2, 0.25) is 0 Å². The van der Waals surface area contributed by atoms with Crippen molar-refractivity contribution in [1.82, 2.24) is 9.03 Å². The molecule has 0 aromatic rings. The molecule has 2 N–H and O–H groups in total. The second-order valence-corrected chi connectivity index (χ2v) is 2.30. The van der Waals surface area contributed by atoms with Gasteiger partial charge in [0.2, 0.25) is 0 Å². The summed E-state index contributed by atoms with van der Waals surface area (Å²) in [6.07, 6.45) is 0. The summed E-state index contributed by atoms with van der Waals surface area (Å²) in [5.74, 6) is -1.73. The van der Waals surface area contributed by atoms with E-state index in [1.54, 1.807) is 0 Å². The summed E-state index contributed by atoms with van der Waals surface area (Å²) in [6.45, 7) is -0.238. The highest BCUT2D eigenvalue weighted by Crippen LogP contribution is 1.93. The van der Waals surface area contributed by atoms with E-state index in [4.69, 9.17) is 5.11 Å². The molecule has 0 heterocycles. The van der Waals surface area contributed by atoms with Gasteiger partial charge in [-0.1, -0.05) is 25.6 Å². The maximum atomic E-state index is 10.7. The number of nitrogens with zero attached hydrogens (tertiary/aromatic N) is 1. The Morgan fingerprint density at radius 1 is 1.55 bits per heavy atom. The molecule has 0 aliphatic carbocycles. The number of aliphatic hydroxyl groups is 1. The Balaban J connectivity index is 3.91. The Morgan fingerprint density at radius 3 is 2.45 bits per heavy atom. The van der Waals surface area contributed by atoms with Crippen LogP contribution >= 0.6 is 25.6 Å². The molecule has 11 heavy (non-hydrogen) atoms. The molecule has 0 aromatic carbocycles. The molecule has 0 aliphatic rings. The molecular formula is C4H8N2O3S2. The second kappa shape index (κ2) is 5.28. The Kier molecular flexibility index (Phi) is 5.08. The van der Waals surface area contributed by atoms with E-state index in [1.807, 2.05) is 4.72 Å². The Hall–Kier alpha value is -0.400. The van der Waals surface area contributed by atoms with Crippen LogP contribution in [0.4, 0.5) is 0 Å². The van der Waals surface area contributed by atoms with E-state index < -0.39 is 11.8 Å². The molecule has 0 unspecified atom stereocenters. The standard InChI is InChI=1S/C4H8N2O3S2/c7-2-1-6(11)4(9)3(8)5-10/h7,10-11H,1-2H2,(H,5,8). The van der Waals surface area contributed by atoms with E-state index in [-0.39, 0.29) is 13.2 Å². The summed E-state index contributed by atoms with van der Waals surface area (Å²) in [5, 5.41) is 8.35. The molecule has 0 rings (SSSR count). The van der Waals surface area contributed by atoms with E-state index in [0.29, 0.717) is 0 Å². The number of thiol groups is 2. The van der Waals surface area contributed by atoms with Gasteiger partial charge in [-0.2, -0.15) is 0 Å². The van der Waals surface area contributed by atoms with Gasteiger partial charge in [-0.3, -0.25) is 18.6 Å². The third kappa shape index (κ3) is 3.49. The van der Waals surface area contributed by atoms with Gasteiger partial charge in [0.25, 0.3) is 0 Å². The first-order valence-corrected chi connectivity index (χ1v) is 3.54. The average Bonchev–Trinajstić information content (AvgIpc) is 2.02. The number of hydrogen-bond donors (Lipinski definition) is 4. The Labute approximate surface area is 74.8 Å². The minimum absolute atomic E-state index is 0.00312. The first-order chi connectivity index (χ1) is 5.13. The van der Waals surface area contributed by atoms with Gasteiger partial charge in [0.05, 0.1) is 13.2 Å². The monoisotopic (exact) mass is 196 g/mol. The van der Waals surface area contributed by atoms with Crippen LogP contribution in [0.5, 0.6) is 0 Å². The number of carbonyl (C=O) groups is 2. The SMILES string of the molecule is O=C(NS)C(=O)N(S)CCO. The van der Waals surface area contributed by atoms with Crippen molar-refractivity contribution in [3.63, 3.8) is 0 Å². The molecule has 2 amide bonds. The molecule has 0 saturated carbocycles. The molecule has 0 aromatic heterocycles. The fourth-order valence-corrected chi connectivity index (χ4v) is 0.637. The van der Waals surface area contributed by atoms with E-state index in [1.165, 1.54) is 0 Å². The molecule has 0 saturated heterocycles. The average molecular weight is 196 g/mol. The second-order valence-electron chi connectivity index (χ2n) is 1.59. The summed E-state index contributed by atoms with van der Waals surface area (Å²) in [7, 11) is 0. The highest BCUT2D eigenvalue weighted by atomic mass is 32.1. The molecule has 64 valence electrons. The van der Waals surface area contributed by atoms with Gasteiger partial charge in [0, 0.05) is 0 Å². The van der Waals surface area contributed by atoms with Crippen molar-refractivity contribution in [2.75, 3.05) is 13.2 Å². The molecule has 0 spiro atoms. The van der Waals surface area contributed by atoms with Gasteiger partial charge in [0.1, 0.15) is 0 Å². The molecule has 0 fully saturated rings. The van der Waals surface area contributed by atoms with Crippen LogP contribution in [0.25, 0.3) is 0 Å². The fourth-order valence-electron chi connectivity index (χ4n) is 0.361. The number of rotatable bonds is 2. The fraction of sp³-hybridized carbons (Fsp3) is 0.500. The number of carbonyl (C=O) groups excluding carboxylic acids is 2. The van der Waals surface area contributed by atoms with Gasteiger partial charge in [-0.05, 0) is 0 Å². The van der Waals surface area contributed by atoms with Crippen LogP contribution in [0.15, 0.2) is 0 Å². The van der Waals surface area contributed by atoms with Crippen LogP contribution in [-0.2, 0) is 9.59 Å². The van der Waals surface area contributed by atoms with E-state index in [0.717, 1.165) is 4.31 Å². The number of nitrogens with one attached hydrogen (secondary N) is 1. The first-order valence-electron chi connectivity index (χ1n) is 2.69. The number of amides is 2. The van der Waals surface area contributed by atoms with Crippen LogP contribution in [0, 0.1) is 0 Å². The van der Waals surface area contributed by atoms with Gasteiger partial charge in [0.15, 0.2) is 0 Å². The van der Waals surface area contributed by atoms with Crippen LogP contribution < -0.4 is 4.72 Å². The smallest absolute Gasteiger partial charge is 0.322 e. The Morgan fingerprint density at radius 2 is 2.09 bits per heavy atom. The first kappa shape index (κ1) is 10.6. The van der Waals surface area contributed by atoms with Crippen molar-refractivity contribution in [1.29, 1.82) is 0 Å². The zero-order valence-electron chi connectivity index (χ0n) is 5.52. The lowest BCUT2D eigenvalue weighted by Crippen LogP contribution is -2.36. The van der Waals surface area contributed by atoms with E-state index >= 15 is 0 Å². The predicted octanol–water partition coefficient (Wildman–Crippen LogP) is -1.39. The lowest BCUT2D eigenvalue weighted by molar-refractivity contribution is -0.141.